The Morgan fingerprint density at radius 3 is 2.29 bits per heavy atom. The molecule has 0 aliphatic heterocycles. The lowest BCUT2D eigenvalue weighted by Gasteiger charge is -2.30. The molecule has 1 saturated carbocycles. The second-order valence-corrected chi connectivity index (χ2v) is 8.62. The predicted molar refractivity (Wildman–Crippen MR) is 127 cm³/mol. The van der Waals surface area contributed by atoms with E-state index >= 15 is 0 Å². The molecule has 180 valence electrons. The van der Waals surface area contributed by atoms with Crippen LogP contribution in [0.4, 0.5) is 35.4 Å². The van der Waals surface area contributed by atoms with E-state index in [-0.39, 0.29) is 17.8 Å². The van der Waals surface area contributed by atoms with Gasteiger partial charge < -0.3 is 20.9 Å². The Labute approximate surface area is 195 Å². The summed E-state index contributed by atoms with van der Waals surface area (Å²) in [6.07, 6.45) is -1.60. The number of nitrogens with one attached hydrogen (secondary N) is 3. The maximum Gasteiger partial charge on any atom is 0.418 e. The van der Waals surface area contributed by atoms with E-state index in [4.69, 9.17) is 0 Å². The fourth-order valence-electron chi connectivity index (χ4n) is 4.21. The molecule has 7 nitrogen and oxygen atoms in total. The Morgan fingerprint density at radius 1 is 0.941 bits per heavy atom. The highest BCUT2D eigenvalue weighted by molar-refractivity contribution is 5.91. The van der Waals surface area contributed by atoms with Gasteiger partial charge in [0.1, 0.15) is 5.82 Å². The number of hydrogen-bond donors (Lipinski definition) is 3. The molecule has 3 N–H and O–H groups in total. The van der Waals surface area contributed by atoms with Crippen molar-refractivity contribution in [3.8, 4) is 0 Å². The largest absolute Gasteiger partial charge is 0.418 e. The SMILES string of the molecule is CN(C)c1nc(N[C@H]2CC[C@@H](NC(=O)Nc3ccccc3C(F)(F)F)CC2)nc2ccccc12. The molecule has 0 saturated heterocycles. The summed E-state index contributed by atoms with van der Waals surface area (Å²) in [5.74, 6) is 1.39. The molecule has 1 heterocycles. The maximum absolute atomic E-state index is 13.1. The molecule has 10 heteroatoms. The minimum Gasteiger partial charge on any atom is -0.362 e. The molecule has 0 radical (unpaired) electrons. The number of nitrogens with zero attached hydrogens (tertiary/aromatic N) is 3. The van der Waals surface area contributed by atoms with Crippen LogP contribution in [-0.4, -0.2) is 42.2 Å². The molecule has 1 aliphatic carbocycles. The average molecular weight is 473 g/mol. The van der Waals surface area contributed by atoms with E-state index in [0.29, 0.717) is 18.8 Å². The highest BCUT2D eigenvalue weighted by atomic mass is 19.4. The maximum atomic E-state index is 13.1. The van der Waals surface area contributed by atoms with Gasteiger partial charge in [0, 0.05) is 31.6 Å². The van der Waals surface area contributed by atoms with Gasteiger partial charge in [0.2, 0.25) is 5.95 Å². The number of fused-ring (bicyclic) bond motifs is 1. The topological polar surface area (TPSA) is 82.2 Å². The highest BCUT2D eigenvalue weighted by Gasteiger charge is 2.33. The van der Waals surface area contributed by atoms with Gasteiger partial charge >= 0.3 is 12.2 Å². The number of alkyl halides is 3. The zero-order valence-electron chi connectivity index (χ0n) is 19.0. The standard InChI is InChI=1S/C24H27F3N6O/c1-33(2)21-17-7-3-5-9-19(17)30-22(32-21)28-15-11-13-16(14-12-15)29-23(34)31-20-10-6-4-8-18(20)24(25,26)27/h3-10,15-16H,11-14H2,1-2H3,(H,28,30,32)(H2,29,31,34)/t15-,16+. The number of para-hydroxylation sites is 2. The molecule has 0 atom stereocenters. The van der Waals surface area contributed by atoms with Gasteiger partial charge in [-0.1, -0.05) is 24.3 Å². The molecule has 1 aromatic heterocycles. The second-order valence-electron chi connectivity index (χ2n) is 8.62. The Bertz CT molecular complexity index is 1160. The summed E-state index contributed by atoms with van der Waals surface area (Å²) in [5, 5.41) is 9.51. The quantitative estimate of drug-likeness (QED) is 0.472. The Hall–Kier alpha value is -3.56. The Morgan fingerprint density at radius 2 is 1.59 bits per heavy atom. The van der Waals surface area contributed by atoms with Crippen molar-refractivity contribution in [2.24, 2.45) is 0 Å². The molecule has 0 spiro atoms. The first kappa shape index (κ1) is 23.6. The molecule has 1 aliphatic rings. The first-order valence-corrected chi connectivity index (χ1v) is 11.1. The van der Waals surface area contributed by atoms with Crippen molar-refractivity contribution in [3.63, 3.8) is 0 Å². The van der Waals surface area contributed by atoms with Crippen LogP contribution in [0, 0.1) is 0 Å². The number of amides is 2. The van der Waals surface area contributed by atoms with Crippen LogP contribution in [0.2, 0.25) is 0 Å². The molecule has 0 unspecified atom stereocenters. The Kier molecular flexibility index (Phi) is 6.76. The van der Waals surface area contributed by atoms with Crippen LogP contribution in [0.3, 0.4) is 0 Å². The number of hydrogen-bond acceptors (Lipinski definition) is 5. The van der Waals surface area contributed by atoms with E-state index in [2.05, 4.69) is 25.9 Å². The molecule has 1 fully saturated rings. The van der Waals surface area contributed by atoms with E-state index in [1.165, 1.54) is 18.2 Å². The molecule has 2 aromatic carbocycles. The number of aromatic nitrogens is 2. The summed E-state index contributed by atoms with van der Waals surface area (Å²) >= 11 is 0. The van der Waals surface area contributed by atoms with Gasteiger partial charge in [-0.3, -0.25) is 0 Å². The summed E-state index contributed by atoms with van der Waals surface area (Å²) in [6, 6.07) is 12.2. The number of halogens is 3. The number of benzene rings is 2. The van der Waals surface area contributed by atoms with Gasteiger partial charge in [0.25, 0.3) is 0 Å². The van der Waals surface area contributed by atoms with E-state index in [0.717, 1.165) is 35.6 Å². The first-order chi connectivity index (χ1) is 16.2. The van der Waals surface area contributed by atoms with Crippen molar-refractivity contribution in [3.05, 3.63) is 54.1 Å². The van der Waals surface area contributed by atoms with Gasteiger partial charge in [-0.25, -0.2) is 9.78 Å². The third-order valence-electron chi connectivity index (χ3n) is 5.88. The smallest absolute Gasteiger partial charge is 0.362 e. The highest BCUT2D eigenvalue weighted by Crippen LogP contribution is 2.34. The van der Waals surface area contributed by atoms with Crippen LogP contribution in [0.1, 0.15) is 31.2 Å². The third-order valence-corrected chi connectivity index (χ3v) is 5.88. The fourth-order valence-corrected chi connectivity index (χ4v) is 4.21. The number of carbonyl (C=O) groups is 1. The lowest BCUT2D eigenvalue weighted by molar-refractivity contribution is -0.136. The zero-order valence-corrected chi connectivity index (χ0v) is 19.0. The van der Waals surface area contributed by atoms with Crippen LogP contribution in [0.5, 0.6) is 0 Å². The molecular weight excluding hydrogens is 445 g/mol. The van der Waals surface area contributed by atoms with E-state index in [1.807, 2.05) is 43.3 Å². The predicted octanol–water partition coefficient (Wildman–Crippen LogP) is 5.26. The minimum absolute atomic E-state index is 0.119. The molecular formula is C24H27F3N6O. The van der Waals surface area contributed by atoms with Crippen LogP contribution in [0.15, 0.2) is 48.5 Å². The van der Waals surface area contributed by atoms with Gasteiger partial charge in [-0.15, -0.1) is 0 Å². The van der Waals surface area contributed by atoms with Gasteiger partial charge in [0.05, 0.1) is 16.8 Å². The van der Waals surface area contributed by atoms with Crippen LogP contribution in [-0.2, 0) is 6.18 Å². The van der Waals surface area contributed by atoms with Crippen molar-refractivity contribution in [2.75, 3.05) is 29.6 Å². The summed E-state index contributed by atoms with van der Waals surface area (Å²) < 4.78 is 39.4. The van der Waals surface area contributed by atoms with E-state index in [1.54, 1.807) is 0 Å². The Balaban J connectivity index is 1.33. The number of anilines is 3. The molecule has 4 rings (SSSR count). The number of carbonyl (C=O) groups excluding carboxylic acids is 1. The normalized spacial score (nSPS) is 18.4. The third kappa shape index (κ3) is 5.49. The fraction of sp³-hybridized carbons (Fsp3) is 0.375. The monoisotopic (exact) mass is 472 g/mol. The van der Waals surface area contributed by atoms with Crippen molar-refractivity contribution < 1.29 is 18.0 Å². The van der Waals surface area contributed by atoms with Crippen molar-refractivity contribution in [2.45, 2.75) is 43.9 Å². The van der Waals surface area contributed by atoms with Crippen molar-refractivity contribution in [1.82, 2.24) is 15.3 Å². The molecule has 0 bridgehead atoms. The van der Waals surface area contributed by atoms with Crippen LogP contribution in [0.25, 0.3) is 10.9 Å². The van der Waals surface area contributed by atoms with E-state index < -0.39 is 17.8 Å². The second kappa shape index (κ2) is 9.74. The lowest BCUT2D eigenvalue weighted by atomic mass is 9.91. The lowest BCUT2D eigenvalue weighted by Crippen LogP contribution is -2.42. The van der Waals surface area contributed by atoms with Gasteiger partial charge in [0.15, 0.2) is 0 Å². The molecule has 3 aromatic rings. The summed E-state index contributed by atoms with van der Waals surface area (Å²) in [4.78, 5) is 23.6. The van der Waals surface area contributed by atoms with Crippen LogP contribution >= 0.6 is 0 Å². The summed E-state index contributed by atoms with van der Waals surface area (Å²) in [5.41, 5.74) is -0.270. The number of rotatable bonds is 5. The van der Waals surface area contributed by atoms with Crippen molar-refractivity contribution in [1.29, 1.82) is 0 Å². The summed E-state index contributed by atoms with van der Waals surface area (Å²) in [6.45, 7) is 0. The van der Waals surface area contributed by atoms with E-state index in [9.17, 15) is 18.0 Å². The average Bonchev–Trinajstić information content (AvgIpc) is 2.79. The minimum atomic E-state index is -4.54. The summed E-state index contributed by atoms with van der Waals surface area (Å²) in [7, 11) is 3.88. The molecule has 34 heavy (non-hydrogen) atoms. The number of urea groups is 1. The van der Waals surface area contributed by atoms with Crippen LogP contribution < -0.4 is 20.9 Å². The van der Waals surface area contributed by atoms with Gasteiger partial charge in [-0.05, 0) is 49.9 Å². The molecule has 2 amide bonds. The first-order valence-electron chi connectivity index (χ1n) is 11.1. The zero-order chi connectivity index (χ0) is 24.3. The van der Waals surface area contributed by atoms with Gasteiger partial charge in [-0.2, -0.15) is 18.2 Å². The van der Waals surface area contributed by atoms with Crippen molar-refractivity contribution >= 4 is 34.4 Å².